The van der Waals surface area contributed by atoms with Gasteiger partial charge in [0.15, 0.2) is 5.69 Å². The lowest BCUT2D eigenvalue weighted by Gasteiger charge is -1.97. The molecule has 0 saturated heterocycles. The molecule has 0 amide bonds. The molecule has 1 rings (SSSR count). The van der Waals surface area contributed by atoms with Gasteiger partial charge in [0.25, 0.3) is 0 Å². The lowest BCUT2D eigenvalue weighted by atomic mass is 10.4. The molecular formula is C6H5FN2O2. The second-order valence-corrected chi connectivity index (χ2v) is 1.75. The number of ether oxygens (including phenoxy) is 1. The number of hydrogen-bond donors (Lipinski definition) is 0. The predicted molar refractivity (Wildman–Crippen MR) is 36.2 cm³/mol. The van der Waals surface area contributed by atoms with E-state index in [1.54, 1.807) is 0 Å². The van der Waals surface area contributed by atoms with Gasteiger partial charge in [0.05, 0.1) is 7.11 Å². The van der Waals surface area contributed by atoms with Crippen LogP contribution in [-0.4, -0.2) is 12.1 Å². The zero-order chi connectivity index (χ0) is 8.27. The van der Waals surface area contributed by atoms with Gasteiger partial charge >= 0.3 is 0 Å². The van der Waals surface area contributed by atoms with Crippen LogP contribution in [0.15, 0.2) is 17.3 Å². The Hall–Kier alpha value is -1.52. The highest BCUT2D eigenvalue weighted by Gasteiger charge is 2.04. The lowest BCUT2D eigenvalue weighted by Crippen LogP contribution is -1.89. The number of nitroso groups, excluding NO2 is 1. The molecule has 1 aromatic rings. The molecule has 5 heteroatoms. The average Bonchev–Trinajstić information content (AvgIpc) is 2.04. The van der Waals surface area contributed by atoms with Crippen molar-refractivity contribution in [3.05, 3.63) is 23.0 Å². The van der Waals surface area contributed by atoms with Crippen molar-refractivity contribution in [3.63, 3.8) is 0 Å². The van der Waals surface area contributed by atoms with E-state index in [0.717, 1.165) is 0 Å². The van der Waals surface area contributed by atoms with Crippen molar-refractivity contribution in [2.45, 2.75) is 0 Å². The van der Waals surface area contributed by atoms with Gasteiger partial charge in [-0.3, -0.25) is 0 Å². The van der Waals surface area contributed by atoms with Crippen LogP contribution < -0.4 is 4.74 Å². The highest BCUT2D eigenvalue weighted by Crippen LogP contribution is 2.17. The minimum absolute atomic E-state index is 0.120. The monoisotopic (exact) mass is 156 g/mol. The van der Waals surface area contributed by atoms with Gasteiger partial charge in [-0.2, -0.15) is 9.37 Å². The molecule has 1 aromatic heterocycles. The minimum atomic E-state index is -0.917. The van der Waals surface area contributed by atoms with Crippen LogP contribution in [0.4, 0.5) is 10.1 Å². The Kier molecular flexibility index (Phi) is 2.10. The molecule has 0 unspecified atom stereocenters. The van der Waals surface area contributed by atoms with E-state index in [1.165, 1.54) is 19.2 Å². The third-order valence-corrected chi connectivity index (χ3v) is 1.11. The van der Waals surface area contributed by atoms with Crippen molar-refractivity contribution in [2.24, 2.45) is 5.18 Å². The molecule has 0 radical (unpaired) electrons. The molecule has 0 bridgehead atoms. The van der Waals surface area contributed by atoms with Gasteiger partial charge in [-0.15, -0.1) is 4.91 Å². The summed E-state index contributed by atoms with van der Waals surface area (Å²) in [6, 6.07) is 2.56. The summed E-state index contributed by atoms with van der Waals surface area (Å²) in [7, 11) is 1.36. The molecule has 0 atom stereocenters. The van der Waals surface area contributed by atoms with Gasteiger partial charge in [0, 0.05) is 6.07 Å². The van der Waals surface area contributed by atoms with Crippen LogP contribution in [-0.2, 0) is 0 Å². The molecule has 0 aliphatic rings. The smallest absolute Gasteiger partial charge is 0.245 e. The Morgan fingerprint density at radius 1 is 1.64 bits per heavy atom. The summed E-state index contributed by atoms with van der Waals surface area (Å²) in [4.78, 5) is 13.1. The van der Waals surface area contributed by atoms with E-state index in [0.29, 0.717) is 0 Å². The Bertz CT molecular complexity index is 277. The number of nitrogens with zero attached hydrogens (tertiary/aromatic N) is 2. The molecule has 0 aliphatic heterocycles. The summed E-state index contributed by atoms with van der Waals surface area (Å²) in [5.74, 6) is -0.797. The lowest BCUT2D eigenvalue weighted by molar-refractivity contribution is 0.388. The third kappa shape index (κ3) is 1.49. The summed E-state index contributed by atoms with van der Waals surface area (Å²) >= 11 is 0. The van der Waals surface area contributed by atoms with Crippen molar-refractivity contribution in [1.82, 2.24) is 4.98 Å². The van der Waals surface area contributed by atoms with Crippen molar-refractivity contribution < 1.29 is 9.13 Å². The molecule has 4 nitrogen and oxygen atoms in total. The van der Waals surface area contributed by atoms with Crippen LogP contribution in [0.1, 0.15) is 0 Å². The van der Waals surface area contributed by atoms with E-state index in [1.807, 2.05) is 0 Å². The predicted octanol–water partition coefficient (Wildman–Crippen LogP) is 1.63. The van der Waals surface area contributed by atoms with E-state index in [4.69, 9.17) is 0 Å². The number of pyridine rings is 1. The van der Waals surface area contributed by atoms with E-state index in [9.17, 15) is 9.30 Å². The molecule has 0 saturated carbocycles. The first-order chi connectivity index (χ1) is 5.27. The zero-order valence-corrected chi connectivity index (χ0v) is 5.74. The summed E-state index contributed by atoms with van der Waals surface area (Å²) in [6.07, 6.45) is 0. The molecule has 0 fully saturated rings. The fourth-order valence-electron chi connectivity index (χ4n) is 0.592. The topological polar surface area (TPSA) is 51.5 Å². The molecule has 0 aromatic carbocycles. The first-order valence-corrected chi connectivity index (χ1v) is 2.82. The highest BCUT2D eigenvalue weighted by atomic mass is 19.1. The van der Waals surface area contributed by atoms with Crippen molar-refractivity contribution >= 4 is 5.69 Å². The Balaban J connectivity index is 3.09. The largest absolute Gasteiger partial charge is 0.481 e. The number of rotatable bonds is 2. The van der Waals surface area contributed by atoms with E-state index in [-0.39, 0.29) is 11.6 Å². The first kappa shape index (κ1) is 7.59. The first-order valence-electron chi connectivity index (χ1n) is 2.82. The fourth-order valence-corrected chi connectivity index (χ4v) is 0.592. The van der Waals surface area contributed by atoms with Crippen LogP contribution in [0.3, 0.4) is 0 Å². The molecule has 0 aliphatic carbocycles. The van der Waals surface area contributed by atoms with Gasteiger partial charge in [-0.05, 0) is 11.2 Å². The summed E-state index contributed by atoms with van der Waals surface area (Å²) in [6.45, 7) is 0. The van der Waals surface area contributed by atoms with E-state index < -0.39 is 5.95 Å². The van der Waals surface area contributed by atoms with Gasteiger partial charge in [0.1, 0.15) is 0 Å². The SMILES string of the molecule is COc1ccc(N=O)c(F)n1. The third-order valence-electron chi connectivity index (χ3n) is 1.11. The van der Waals surface area contributed by atoms with Crippen LogP contribution in [0.2, 0.25) is 0 Å². The Morgan fingerprint density at radius 2 is 2.36 bits per heavy atom. The zero-order valence-electron chi connectivity index (χ0n) is 5.74. The number of hydrogen-bond acceptors (Lipinski definition) is 4. The van der Waals surface area contributed by atoms with Crippen LogP contribution in [0, 0.1) is 10.9 Å². The average molecular weight is 156 g/mol. The molecule has 0 spiro atoms. The number of aromatic nitrogens is 1. The molecule has 58 valence electrons. The maximum absolute atomic E-state index is 12.6. The summed E-state index contributed by atoms with van der Waals surface area (Å²) in [5.41, 5.74) is -0.314. The van der Waals surface area contributed by atoms with Crippen LogP contribution in [0.5, 0.6) is 5.88 Å². The Labute approximate surface area is 62.0 Å². The van der Waals surface area contributed by atoms with E-state index >= 15 is 0 Å². The standard InChI is InChI=1S/C6H5FN2O2/c1-11-5-3-2-4(9-10)6(7)8-5/h2-3H,1H3. The van der Waals surface area contributed by atoms with Crippen molar-refractivity contribution in [3.8, 4) is 5.88 Å². The molecule has 11 heavy (non-hydrogen) atoms. The fraction of sp³-hybridized carbons (Fsp3) is 0.167. The number of methoxy groups -OCH3 is 1. The minimum Gasteiger partial charge on any atom is -0.481 e. The van der Waals surface area contributed by atoms with Gasteiger partial charge in [-0.1, -0.05) is 0 Å². The highest BCUT2D eigenvalue weighted by molar-refractivity contribution is 5.36. The normalized spacial score (nSPS) is 9.27. The second kappa shape index (κ2) is 3.05. The van der Waals surface area contributed by atoms with Gasteiger partial charge in [0.2, 0.25) is 11.8 Å². The van der Waals surface area contributed by atoms with Gasteiger partial charge < -0.3 is 4.74 Å². The maximum Gasteiger partial charge on any atom is 0.245 e. The number of halogens is 1. The summed E-state index contributed by atoms with van der Waals surface area (Å²) < 4.78 is 17.2. The molecule has 1 heterocycles. The van der Waals surface area contributed by atoms with Crippen molar-refractivity contribution in [2.75, 3.05) is 7.11 Å². The van der Waals surface area contributed by atoms with Gasteiger partial charge in [-0.25, -0.2) is 0 Å². The molecular weight excluding hydrogens is 151 g/mol. The van der Waals surface area contributed by atoms with Crippen LogP contribution in [0.25, 0.3) is 0 Å². The van der Waals surface area contributed by atoms with E-state index in [2.05, 4.69) is 14.9 Å². The molecule has 0 N–H and O–H groups in total. The van der Waals surface area contributed by atoms with Crippen molar-refractivity contribution in [1.29, 1.82) is 0 Å². The van der Waals surface area contributed by atoms with Crippen LogP contribution >= 0.6 is 0 Å². The Morgan fingerprint density at radius 3 is 2.82 bits per heavy atom. The quantitative estimate of drug-likeness (QED) is 0.483. The maximum atomic E-state index is 12.6. The second-order valence-electron chi connectivity index (χ2n) is 1.75. The summed E-state index contributed by atoms with van der Waals surface area (Å²) in [5, 5.41) is 2.40.